The number of non-ortho nitro benzene ring substituents is 1. The van der Waals surface area contributed by atoms with Crippen LogP contribution in [0.1, 0.15) is 26.7 Å². The normalized spacial score (nSPS) is 15.2. The number of fused-ring (bicyclic) bond motifs is 1. The zero-order valence-electron chi connectivity index (χ0n) is 12.4. The first-order valence-corrected chi connectivity index (χ1v) is 7.38. The maximum atomic E-state index is 10.8. The average molecular weight is 288 g/mol. The van der Waals surface area contributed by atoms with E-state index in [-0.39, 0.29) is 10.6 Å². The molecule has 0 N–H and O–H groups in total. The molecule has 1 aliphatic rings. The van der Waals surface area contributed by atoms with Crippen LogP contribution in [0.4, 0.5) is 5.69 Å². The molecule has 3 rings (SSSR count). The predicted molar refractivity (Wildman–Crippen MR) is 81.0 cm³/mol. The Hall–Kier alpha value is -1.95. The van der Waals surface area contributed by atoms with Crippen molar-refractivity contribution in [3.8, 4) is 0 Å². The topological polar surface area (TPSA) is 64.2 Å². The molecule has 21 heavy (non-hydrogen) atoms. The van der Waals surface area contributed by atoms with E-state index in [0.29, 0.717) is 12.0 Å². The highest BCUT2D eigenvalue weighted by atomic mass is 16.6. The smallest absolute Gasteiger partial charge is 0.270 e. The van der Waals surface area contributed by atoms with Crippen LogP contribution in [-0.4, -0.2) is 32.2 Å². The Kier molecular flexibility index (Phi) is 3.63. The van der Waals surface area contributed by atoms with Crippen LogP contribution in [0, 0.1) is 16.0 Å². The number of hydrogen-bond donors (Lipinski definition) is 0. The summed E-state index contributed by atoms with van der Waals surface area (Å²) in [6, 6.07) is 5.60. The van der Waals surface area contributed by atoms with Crippen LogP contribution in [0.5, 0.6) is 0 Å². The molecule has 0 spiro atoms. The summed E-state index contributed by atoms with van der Waals surface area (Å²) in [5.74, 6) is 0.619. The number of rotatable bonds is 6. The third-order valence-corrected chi connectivity index (χ3v) is 3.81. The fourth-order valence-corrected chi connectivity index (χ4v) is 2.70. The lowest BCUT2D eigenvalue weighted by Gasteiger charge is -2.24. The van der Waals surface area contributed by atoms with E-state index in [9.17, 15) is 10.1 Å². The van der Waals surface area contributed by atoms with Crippen LogP contribution in [0.2, 0.25) is 0 Å². The Morgan fingerprint density at radius 3 is 2.86 bits per heavy atom. The van der Waals surface area contributed by atoms with Gasteiger partial charge >= 0.3 is 0 Å². The van der Waals surface area contributed by atoms with Gasteiger partial charge in [-0.25, -0.2) is 0 Å². The number of nitrogens with zero attached hydrogens (tertiary/aromatic N) is 4. The van der Waals surface area contributed by atoms with E-state index in [1.807, 2.05) is 4.68 Å². The van der Waals surface area contributed by atoms with Crippen molar-refractivity contribution in [3.63, 3.8) is 0 Å². The number of hydrogen-bond acceptors (Lipinski definition) is 4. The van der Waals surface area contributed by atoms with Crippen molar-refractivity contribution >= 4 is 16.6 Å². The molecule has 0 aliphatic heterocycles. The summed E-state index contributed by atoms with van der Waals surface area (Å²) in [7, 11) is 0. The molecule has 1 aromatic carbocycles. The molecule has 0 saturated heterocycles. The minimum absolute atomic E-state index is 0.114. The van der Waals surface area contributed by atoms with Gasteiger partial charge in [0.15, 0.2) is 0 Å². The molecule has 1 aromatic heterocycles. The summed E-state index contributed by atoms with van der Waals surface area (Å²) in [5, 5.41) is 16.0. The van der Waals surface area contributed by atoms with Crippen LogP contribution >= 0.6 is 0 Å². The number of aromatic nitrogens is 2. The highest BCUT2D eigenvalue weighted by molar-refractivity contribution is 5.81. The van der Waals surface area contributed by atoms with Crippen LogP contribution in [0.3, 0.4) is 0 Å². The van der Waals surface area contributed by atoms with Crippen molar-refractivity contribution in [1.29, 1.82) is 0 Å². The molecule has 0 bridgehead atoms. The summed E-state index contributed by atoms with van der Waals surface area (Å²) in [4.78, 5) is 12.9. The monoisotopic (exact) mass is 288 g/mol. The molecule has 6 heteroatoms. The molecule has 1 fully saturated rings. The minimum Gasteiger partial charge on any atom is -0.281 e. The van der Waals surface area contributed by atoms with E-state index in [1.165, 1.54) is 12.8 Å². The molecule has 0 radical (unpaired) electrons. The Morgan fingerprint density at radius 2 is 2.24 bits per heavy atom. The van der Waals surface area contributed by atoms with Crippen molar-refractivity contribution in [2.75, 3.05) is 6.54 Å². The lowest BCUT2D eigenvalue weighted by Crippen LogP contribution is -2.32. The van der Waals surface area contributed by atoms with Gasteiger partial charge in [-0.1, -0.05) is 13.8 Å². The molecule has 1 aliphatic carbocycles. The van der Waals surface area contributed by atoms with Crippen LogP contribution in [0.15, 0.2) is 24.4 Å². The number of nitro benzene ring substituents is 1. The molecule has 1 heterocycles. The quantitative estimate of drug-likeness (QED) is 0.605. The molecule has 6 nitrogen and oxygen atoms in total. The van der Waals surface area contributed by atoms with Gasteiger partial charge in [-0.2, -0.15) is 5.10 Å². The summed E-state index contributed by atoms with van der Waals surface area (Å²) < 4.78 is 1.94. The third kappa shape index (κ3) is 3.05. The molecule has 112 valence electrons. The number of benzene rings is 1. The van der Waals surface area contributed by atoms with Crippen LogP contribution in [0.25, 0.3) is 10.9 Å². The van der Waals surface area contributed by atoms with E-state index < -0.39 is 0 Å². The average Bonchev–Trinajstić information content (AvgIpc) is 3.20. The molecule has 0 unspecified atom stereocenters. The molecule has 1 saturated carbocycles. The Labute approximate surface area is 123 Å². The zero-order valence-corrected chi connectivity index (χ0v) is 12.4. The minimum atomic E-state index is -0.369. The van der Waals surface area contributed by atoms with Crippen molar-refractivity contribution in [1.82, 2.24) is 14.7 Å². The van der Waals surface area contributed by atoms with E-state index in [2.05, 4.69) is 23.8 Å². The van der Waals surface area contributed by atoms with Gasteiger partial charge in [-0.05, 0) is 24.8 Å². The lowest BCUT2D eigenvalue weighted by atomic mass is 10.2. The van der Waals surface area contributed by atoms with Crippen LogP contribution < -0.4 is 0 Å². The first-order valence-electron chi connectivity index (χ1n) is 7.38. The molecular formula is C15H20N4O2. The van der Waals surface area contributed by atoms with Gasteiger partial charge in [0.05, 0.1) is 23.3 Å². The van der Waals surface area contributed by atoms with Crippen molar-refractivity contribution in [2.24, 2.45) is 5.92 Å². The highest BCUT2D eigenvalue weighted by Crippen LogP contribution is 2.29. The summed E-state index contributed by atoms with van der Waals surface area (Å²) in [6.07, 6.45) is 4.23. The second-order valence-electron chi connectivity index (χ2n) is 6.18. The molecule has 2 aromatic rings. The van der Waals surface area contributed by atoms with Gasteiger partial charge in [0.25, 0.3) is 5.69 Å². The van der Waals surface area contributed by atoms with E-state index in [0.717, 1.165) is 24.1 Å². The van der Waals surface area contributed by atoms with Crippen molar-refractivity contribution < 1.29 is 4.92 Å². The van der Waals surface area contributed by atoms with Crippen LogP contribution in [-0.2, 0) is 6.67 Å². The Balaban J connectivity index is 1.84. The third-order valence-electron chi connectivity index (χ3n) is 3.81. The van der Waals surface area contributed by atoms with Crippen molar-refractivity contribution in [3.05, 3.63) is 34.5 Å². The van der Waals surface area contributed by atoms with Gasteiger partial charge in [-0.15, -0.1) is 0 Å². The van der Waals surface area contributed by atoms with E-state index in [1.54, 1.807) is 24.4 Å². The second-order valence-corrected chi connectivity index (χ2v) is 6.18. The Morgan fingerprint density at radius 1 is 1.48 bits per heavy atom. The first kappa shape index (κ1) is 14.0. The van der Waals surface area contributed by atoms with Gasteiger partial charge in [0.2, 0.25) is 0 Å². The molecule has 0 atom stereocenters. The van der Waals surface area contributed by atoms with Gasteiger partial charge < -0.3 is 0 Å². The number of nitro groups is 1. The fourth-order valence-electron chi connectivity index (χ4n) is 2.70. The summed E-state index contributed by atoms with van der Waals surface area (Å²) in [6.45, 7) is 6.25. The van der Waals surface area contributed by atoms with E-state index >= 15 is 0 Å². The van der Waals surface area contributed by atoms with Gasteiger partial charge in [0.1, 0.15) is 0 Å². The van der Waals surface area contributed by atoms with Gasteiger partial charge in [-0.3, -0.25) is 19.7 Å². The standard InChI is InChI=1S/C15H20N4O2/c1-11(2)9-17(13-3-4-13)10-18-15-6-5-14(19(20)21)7-12(15)8-16-18/h5-8,11,13H,3-4,9-10H2,1-2H3. The predicted octanol–water partition coefficient (Wildman–Crippen LogP) is 3.02. The summed E-state index contributed by atoms with van der Waals surface area (Å²) in [5.41, 5.74) is 1.07. The van der Waals surface area contributed by atoms with Gasteiger partial charge in [0, 0.05) is 30.1 Å². The molecular weight excluding hydrogens is 268 g/mol. The maximum Gasteiger partial charge on any atom is 0.270 e. The van der Waals surface area contributed by atoms with E-state index in [4.69, 9.17) is 0 Å². The SMILES string of the molecule is CC(C)CN(Cn1ncc2cc([N+](=O)[O-])ccc21)C1CC1. The first-order chi connectivity index (χ1) is 10.0. The fraction of sp³-hybridized carbons (Fsp3) is 0.533. The zero-order chi connectivity index (χ0) is 15.0. The second kappa shape index (κ2) is 5.44. The Bertz CT molecular complexity index is 661. The highest BCUT2D eigenvalue weighted by Gasteiger charge is 2.29. The largest absolute Gasteiger partial charge is 0.281 e. The molecule has 0 amide bonds. The maximum absolute atomic E-state index is 10.8. The van der Waals surface area contributed by atoms with Crippen molar-refractivity contribution in [2.45, 2.75) is 39.4 Å². The lowest BCUT2D eigenvalue weighted by molar-refractivity contribution is -0.384. The summed E-state index contributed by atoms with van der Waals surface area (Å²) >= 11 is 0.